The number of para-hydroxylation sites is 1. The highest BCUT2D eigenvalue weighted by atomic mass is 19.1. The van der Waals surface area contributed by atoms with E-state index < -0.39 is 71.1 Å². The Hall–Kier alpha value is -5.90. The summed E-state index contributed by atoms with van der Waals surface area (Å²) in [5.41, 5.74) is 1.13. The van der Waals surface area contributed by atoms with Gasteiger partial charge in [0.1, 0.15) is 35.4 Å². The monoisotopic (exact) mass is 748 g/mol. The second kappa shape index (κ2) is 17.7. The van der Waals surface area contributed by atoms with Gasteiger partial charge in [0.15, 0.2) is 0 Å². The Kier molecular flexibility index (Phi) is 12.9. The number of rotatable bonds is 13. The molecule has 5 N–H and O–H groups in total. The lowest BCUT2D eigenvalue weighted by Crippen LogP contribution is -2.57. The lowest BCUT2D eigenvalue weighted by atomic mass is 9.90. The number of fused-ring (bicyclic) bond motifs is 1. The summed E-state index contributed by atoms with van der Waals surface area (Å²) in [6, 6.07) is 13.0. The van der Waals surface area contributed by atoms with Crippen LogP contribution in [0.4, 0.5) is 25.0 Å². The van der Waals surface area contributed by atoms with Crippen molar-refractivity contribution < 1.29 is 47.4 Å². The molecule has 0 spiro atoms. The first kappa shape index (κ1) is 39.3. The third kappa shape index (κ3) is 9.55. The maximum Gasteiger partial charge on any atom is 0.407 e. The van der Waals surface area contributed by atoms with Crippen molar-refractivity contribution in [2.45, 2.75) is 57.3 Å². The average Bonchev–Trinajstić information content (AvgIpc) is 3.54. The number of ether oxygens (including phenoxy) is 1. The lowest BCUT2D eigenvalue weighted by Gasteiger charge is -2.35. The molecular formula is C38H42F2N6O8. The molecule has 286 valence electrons. The molecule has 14 nitrogen and oxygen atoms in total. The fourth-order valence-corrected chi connectivity index (χ4v) is 6.42. The minimum atomic E-state index is -1.46. The summed E-state index contributed by atoms with van der Waals surface area (Å²) in [7, 11) is 1.22. The van der Waals surface area contributed by atoms with E-state index in [2.05, 4.69) is 21.3 Å². The first-order chi connectivity index (χ1) is 25.8. The van der Waals surface area contributed by atoms with Crippen molar-refractivity contribution >= 4 is 47.0 Å². The molecule has 0 bridgehead atoms. The maximum atomic E-state index is 14.7. The maximum absolute atomic E-state index is 14.7. The van der Waals surface area contributed by atoms with Crippen molar-refractivity contribution in [3.63, 3.8) is 0 Å². The van der Waals surface area contributed by atoms with Gasteiger partial charge in [-0.25, -0.2) is 13.6 Å². The molecule has 54 heavy (non-hydrogen) atoms. The summed E-state index contributed by atoms with van der Waals surface area (Å²) >= 11 is 0. The van der Waals surface area contributed by atoms with E-state index in [4.69, 9.17) is 4.74 Å². The van der Waals surface area contributed by atoms with Crippen LogP contribution >= 0.6 is 0 Å². The number of amides is 6. The number of hydrogen-bond acceptors (Lipinski definition) is 7. The van der Waals surface area contributed by atoms with Gasteiger partial charge in [-0.1, -0.05) is 42.5 Å². The molecule has 6 amide bonds. The van der Waals surface area contributed by atoms with Crippen LogP contribution < -0.4 is 21.3 Å². The van der Waals surface area contributed by atoms with Crippen LogP contribution in [0.5, 0.6) is 0 Å². The van der Waals surface area contributed by atoms with Gasteiger partial charge >= 0.3 is 6.09 Å². The predicted molar refractivity (Wildman–Crippen MR) is 192 cm³/mol. The highest BCUT2D eigenvalue weighted by Gasteiger charge is 2.44. The third-order valence-electron chi connectivity index (χ3n) is 9.56. The zero-order chi connectivity index (χ0) is 38.9. The Bertz CT molecular complexity index is 1870. The van der Waals surface area contributed by atoms with E-state index in [0.29, 0.717) is 31.6 Å². The smallest absolute Gasteiger partial charge is 0.407 e. The van der Waals surface area contributed by atoms with E-state index in [-0.39, 0.29) is 43.1 Å². The molecular weight excluding hydrogens is 706 g/mol. The van der Waals surface area contributed by atoms with Crippen LogP contribution in [0.1, 0.15) is 48.9 Å². The van der Waals surface area contributed by atoms with Gasteiger partial charge in [-0.2, -0.15) is 0 Å². The van der Waals surface area contributed by atoms with Crippen molar-refractivity contribution in [2.24, 2.45) is 5.92 Å². The SMILES string of the molecule is CC(C(=O)N[C@H](C(=O)N1Cc2ccc(NC(=O)CCNC(=O)Cc3ccccc3)cc2[C@H]1C(=O)Nc1c(F)cccc1F)C1CCOCC1)N(C)C(=O)O. The fourth-order valence-electron chi connectivity index (χ4n) is 6.42. The van der Waals surface area contributed by atoms with Gasteiger partial charge in [0, 0.05) is 45.5 Å². The third-order valence-corrected chi connectivity index (χ3v) is 9.56. The first-order valence-electron chi connectivity index (χ1n) is 17.5. The van der Waals surface area contributed by atoms with Crippen LogP contribution in [0.2, 0.25) is 0 Å². The number of likely N-dealkylation sites (N-methyl/N-ethyl adjacent to an activating group) is 1. The van der Waals surface area contributed by atoms with E-state index in [1.54, 1.807) is 12.1 Å². The quantitative estimate of drug-likeness (QED) is 0.176. The number of carboxylic acid groups (broad SMARTS) is 1. The van der Waals surface area contributed by atoms with Crippen molar-refractivity contribution in [3.05, 3.63) is 95.1 Å². The van der Waals surface area contributed by atoms with E-state index in [1.807, 2.05) is 30.3 Å². The first-order valence-corrected chi connectivity index (χ1v) is 17.5. The molecule has 3 aromatic carbocycles. The van der Waals surface area contributed by atoms with Crippen molar-refractivity contribution in [1.29, 1.82) is 0 Å². The Morgan fingerprint density at radius 1 is 0.926 bits per heavy atom. The highest BCUT2D eigenvalue weighted by molar-refractivity contribution is 6.01. The number of carbonyl (C=O) groups excluding carboxylic acids is 5. The minimum Gasteiger partial charge on any atom is -0.465 e. The molecule has 2 heterocycles. The second-order valence-electron chi connectivity index (χ2n) is 13.2. The standard InChI is InChI=1S/C38H42F2N6O8/c1-22(45(2)38(52)53)35(49)43-32(24-14-17-54-18-15-24)37(51)46-21-25-11-12-26(42-30(47)13-16-41-31(48)19-23-7-4-3-5-8-23)20-27(25)34(46)36(50)44-33-28(39)9-6-10-29(33)40/h3-12,20,22,24,32,34H,13-19,21H2,1-2H3,(H,41,48)(H,42,47)(H,43,49)(H,44,50)(H,52,53)/t22?,32-,34-/m0/s1. The number of benzene rings is 3. The molecule has 0 aromatic heterocycles. The Morgan fingerprint density at radius 3 is 2.28 bits per heavy atom. The molecule has 1 unspecified atom stereocenters. The number of nitrogens with one attached hydrogen (secondary N) is 4. The zero-order valence-electron chi connectivity index (χ0n) is 29.8. The van der Waals surface area contributed by atoms with E-state index in [9.17, 15) is 42.7 Å². The zero-order valence-corrected chi connectivity index (χ0v) is 29.8. The molecule has 2 aliphatic heterocycles. The molecule has 5 rings (SSSR count). The number of halogens is 2. The molecule has 3 aromatic rings. The van der Waals surface area contributed by atoms with Gasteiger partial charge in [-0.3, -0.25) is 28.9 Å². The van der Waals surface area contributed by atoms with Crippen molar-refractivity contribution in [3.8, 4) is 0 Å². The van der Waals surface area contributed by atoms with Crippen LogP contribution in [-0.4, -0.2) is 89.4 Å². The topological polar surface area (TPSA) is 186 Å². The average molecular weight is 749 g/mol. The normalized spacial score (nSPS) is 16.4. The summed E-state index contributed by atoms with van der Waals surface area (Å²) in [4.78, 5) is 80.6. The predicted octanol–water partition coefficient (Wildman–Crippen LogP) is 3.58. The van der Waals surface area contributed by atoms with Gasteiger partial charge in [0.2, 0.25) is 23.6 Å². The Labute approximate surface area is 310 Å². The molecule has 1 fully saturated rings. The van der Waals surface area contributed by atoms with Gasteiger partial charge < -0.3 is 36.0 Å². The van der Waals surface area contributed by atoms with E-state index >= 15 is 0 Å². The molecule has 3 atom stereocenters. The summed E-state index contributed by atoms with van der Waals surface area (Å²) in [5.74, 6) is -5.60. The highest BCUT2D eigenvalue weighted by Crippen LogP contribution is 2.38. The lowest BCUT2D eigenvalue weighted by molar-refractivity contribution is -0.144. The molecule has 0 radical (unpaired) electrons. The summed E-state index contributed by atoms with van der Waals surface area (Å²) in [6.45, 7) is 1.89. The Morgan fingerprint density at radius 2 is 1.61 bits per heavy atom. The Balaban J connectivity index is 1.38. The molecule has 1 saturated heterocycles. The van der Waals surface area contributed by atoms with Crippen LogP contribution in [0.3, 0.4) is 0 Å². The van der Waals surface area contributed by atoms with Crippen molar-refractivity contribution in [2.75, 3.05) is 37.4 Å². The van der Waals surface area contributed by atoms with Gasteiger partial charge in [0.05, 0.1) is 6.42 Å². The van der Waals surface area contributed by atoms with Gasteiger partial charge in [-0.15, -0.1) is 0 Å². The van der Waals surface area contributed by atoms with E-state index in [0.717, 1.165) is 28.7 Å². The summed E-state index contributed by atoms with van der Waals surface area (Å²) in [6.07, 6.45) is -0.517. The van der Waals surface area contributed by atoms with Crippen LogP contribution in [0.25, 0.3) is 0 Å². The number of carbonyl (C=O) groups is 6. The minimum absolute atomic E-state index is 0.0597. The molecule has 0 aliphatic carbocycles. The van der Waals surface area contributed by atoms with Gasteiger partial charge in [-0.05, 0) is 66.6 Å². The largest absolute Gasteiger partial charge is 0.465 e. The molecule has 2 aliphatic rings. The fraction of sp³-hybridized carbons (Fsp3) is 0.368. The van der Waals surface area contributed by atoms with Crippen molar-refractivity contribution in [1.82, 2.24) is 20.4 Å². The van der Waals surface area contributed by atoms with Gasteiger partial charge in [0.25, 0.3) is 5.91 Å². The summed E-state index contributed by atoms with van der Waals surface area (Å²) < 4.78 is 34.9. The number of nitrogens with zero attached hydrogens (tertiary/aromatic N) is 2. The van der Waals surface area contributed by atoms with Crippen LogP contribution in [0.15, 0.2) is 66.7 Å². The second-order valence-corrected chi connectivity index (χ2v) is 13.2. The summed E-state index contributed by atoms with van der Waals surface area (Å²) in [5, 5.41) is 19.8. The van der Waals surface area contributed by atoms with Crippen LogP contribution in [-0.2, 0) is 41.7 Å². The van der Waals surface area contributed by atoms with E-state index in [1.165, 1.54) is 24.9 Å². The van der Waals surface area contributed by atoms with Crippen LogP contribution in [0, 0.1) is 17.6 Å². The molecule has 16 heteroatoms. The molecule has 0 saturated carbocycles. The number of anilines is 2. The number of hydrogen-bond donors (Lipinski definition) is 5.